The molecule has 0 saturated heterocycles. The summed E-state index contributed by atoms with van der Waals surface area (Å²) in [6.07, 6.45) is 103. The Hall–Kier alpha value is -5.35. The molecule has 0 spiro atoms. The molecule has 0 aromatic rings. The van der Waals surface area contributed by atoms with Gasteiger partial charge in [0.1, 0.15) is 13.2 Å². The molecule has 91 heavy (non-hydrogen) atoms. The molecule has 0 bridgehead atoms. The van der Waals surface area contributed by atoms with Crippen LogP contribution in [0.5, 0.6) is 0 Å². The van der Waals surface area contributed by atoms with Crippen molar-refractivity contribution in [2.24, 2.45) is 0 Å². The van der Waals surface area contributed by atoms with E-state index >= 15 is 0 Å². The van der Waals surface area contributed by atoms with Crippen molar-refractivity contribution in [1.29, 1.82) is 0 Å². The van der Waals surface area contributed by atoms with Crippen LogP contribution in [0.15, 0.2) is 170 Å². The Morgan fingerprint density at radius 3 is 0.879 bits per heavy atom. The van der Waals surface area contributed by atoms with E-state index in [0.717, 1.165) is 135 Å². The fourth-order valence-corrected chi connectivity index (χ4v) is 9.50. The average Bonchev–Trinajstić information content (AvgIpc) is 3.46. The number of carboxylic acid groups (broad SMARTS) is 1. The van der Waals surface area contributed by atoms with Crippen molar-refractivity contribution in [3.63, 3.8) is 0 Å². The van der Waals surface area contributed by atoms with E-state index in [4.69, 9.17) is 18.9 Å². The number of ether oxygens (including phenoxy) is 4. The summed E-state index contributed by atoms with van der Waals surface area (Å²) in [5.41, 5.74) is 0. The fraction of sp³-hybridized carbons (Fsp3) is 0.622. The molecule has 0 aromatic carbocycles. The Morgan fingerprint density at radius 1 is 0.330 bits per heavy atom. The standard InChI is InChI=1S/C82H133NO8/c1-6-8-10-12-14-16-18-20-22-24-26-28-30-32-34-35-36-37-38-39-40-41-42-43-44-45-47-49-51-53-55-57-59-61-63-65-67-69-71-73-80(85)91-78(77-90-82(81(86)87)88-75-74-83(3,4)5)76-89-79(84)72-70-68-66-64-62-60-58-56-54-52-50-48-46-33-31-29-27-25-23-21-19-17-15-13-11-9-7-2/h8-11,14-17,20-23,26-29,32-34,36-37,39-40,42-43,45-47,78,82H,6-7,12-13,18-19,24-25,30-31,35,38,41,44,48-77H2,1-5H3/p+1/b10-8-,11-9-,16-14-,17-15-,22-20-,23-21-,28-26-,29-27-,34-32-,37-36-,40-39-,43-42-,46-33-,47-45-. The Morgan fingerprint density at radius 2 is 0.593 bits per heavy atom. The van der Waals surface area contributed by atoms with Gasteiger partial charge in [0.15, 0.2) is 6.10 Å². The van der Waals surface area contributed by atoms with Gasteiger partial charge in [-0.1, -0.05) is 300 Å². The van der Waals surface area contributed by atoms with E-state index in [-0.39, 0.29) is 38.6 Å². The molecule has 0 aromatic heterocycles. The topological polar surface area (TPSA) is 108 Å². The first-order valence-corrected chi connectivity index (χ1v) is 36.3. The SMILES string of the molecule is CC/C=C\C/C=C\C/C=C\C/C=C\C/C=C\C/C=C\C/C=C\C/C=C\C/C=C\CCCCCCCCCCCCCC(=O)OC(COC(=O)CCCCCCCCCCCCC/C=C\C/C=C\C/C=C\C/C=C\C/C=C\CC)COC(OCC[N+](C)(C)C)C(=O)O. The van der Waals surface area contributed by atoms with E-state index in [1.165, 1.54) is 103 Å². The number of carbonyl (C=O) groups is 3. The maximum Gasteiger partial charge on any atom is 0.361 e. The molecule has 1 N–H and O–H groups in total. The predicted octanol–water partition coefficient (Wildman–Crippen LogP) is 23.0. The highest BCUT2D eigenvalue weighted by atomic mass is 16.7. The van der Waals surface area contributed by atoms with Crippen molar-refractivity contribution in [2.75, 3.05) is 47.5 Å². The van der Waals surface area contributed by atoms with Gasteiger partial charge in [-0.25, -0.2) is 4.79 Å². The monoisotopic (exact) mass is 1260 g/mol. The van der Waals surface area contributed by atoms with Crippen molar-refractivity contribution in [1.82, 2.24) is 0 Å². The van der Waals surface area contributed by atoms with Crippen molar-refractivity contribution in [3.05, 3.63) is 170 Å². The maximum atomic E-state index is 13.0. The zero-order valence-electron chi connectivity index (χ0n) is 58.7. The molecule has 9 heteroatoms. The summed E-state index contributed by atoms with van der Waals surface area (Å²) in [6.45, 7) is 4.64. The van der Waals surface area contributed by atoms with E-state index in [1.54, 1.807) is 0 Å². The molecule has 0 saturated carbocycles. The van der Waals surface area contributed by atoms with Crippen LogP contribution in [0.3, 0.4) is 0 Å². The van der Waals surface area contributed by atoms with Crippen LogP contribution in [-0.4, -0.2) is 87.4 Å². The van der Waals surface area contributed by atoms with Gasteiger partial charge in [0.05, 0.1) is 34.4 Å². The lowest BCUT2D eigenvalue weighted by atomic mass is 10.0. The first-order chi connectivity index (χ1) is 44.6. The zero-order valence-corrected chi connectivity index (χ0v) is 58.7. The third-order valence-corrected chi connectivity index (χ3v) is 15.0. The van der Waals surface area contributed by atoms with Gasteiger partial charge in [0.2, 0.25) is 0 Å². The molecule has 0 amide bonds. The highest BCUT2D eigenvalue weighted by Crippen LogP contribution is 2.16. The van der Waals surface area contributed by atoms with Crippen LogP contribution in [0.4, 0.5) is 0 Å². The summed E-state index contributed by atoms with van der Waals surface area (Å²) >= 11 is 0. The average molecular weight is 1260 g/mol. The normalized spacial score (nSPS) is 13.7. The van der Waals surface area contributed by atoms with Gasteiger partial charge in [-0.15, -0.1) is 0 Å². The number of hydrogen-bond acceptors (Lipinski definition) is 7. The van der Waals surface area contributed by atoms with E-state index < -0.39 is 24.3 Å². The Balaban J connectivity index is 4.16. The van der Waals surface area contributed by atoms with Gasteiger partial charge in [0.25, 0.3) is 6.29 Å². The molecule has 9 nitrogen and oxygen atoms in total. The second-order valence-corrected chi connectivity index (χ2v) is 24.8. The van der Waals surface area contributed by atoms with E-state index in [1.807, 2.05) is 21.1 Å². The number of unbranched alkanes of at least 4 members (excludes halogenated alkanes) is 22. The van der Waals surface area contributed by atoms with Gasteiger partial charge in [-0.2, -0.15) is 0 Å². The van der Waals surface area contributed by atoms with Gasteiger partial charge >= 0.3 is 17.9 Å². The molecule has 0 rings (SSSR count). The summed E-state index contributed by atoms with van der Waals surface area (Å²) in [5.74, 6) is -2.02. The number of rotatable bonds is 65. The highest BCUT2D eigenvalue weighted by molar-refractivity contribution is 5.71. The molecule has 0 fully saturated rings. The van der Waals surface area contributed by atoms with Crippen LogP contribution in [-0.2, 0) is 33.3 Å². The third kappa shape index (κ3) is 71.9. The molecule has 0 radical (unpaired) electrons. The number of carbonyl (C=O) groups excluding carboxylic acids is 2. The number of carboxylic acids is 1. The van der Waals surface area contributed by atoms with E-state index in [9.17, 15) is 19.5 Å². The van der Waals surface area contributed by atoms with Gasteiger partial charge in [0, 0.05) is 12.8 Å². The van der Waals surface area contributed by atoms with Gasteiger partial charge in [-0.3, -0.25) is 9.59 Å². The second kappa shape index (κ2) is 70.5. The predicted molar refractivity (Wildman–Crippen MR) is 391 cm³/mol. The highest BCUT2D eigenvalue weighted by Gasteiger charge is 2.25. The Kier molecular flexibility index (Phi) is 66.4. The van der Waals surface area contributed by atoms with Gasteiger partial charge < -0.3 is 28.5 Å². The van der Waals surface area contributed by atoms with Crippen LogP contribution in [0.2, 0.25) is 0 Å². The molecule has 0 aliphatic rings. The zero-order chi connectivity index (χ0) is 66.1. The molecule has 2 unspecified atom stereocenters. The van der Waals surface area contributed by atoms with Crippen molar-refractivity contribution >= 4 is 17.9 Å². The number of esters is 2. The summed E-state index contributed by atoms with van der Waals surface area (Å²) < 4.78 is 23.0. The minimum Gasteiger partial charge on any atom is -0.477 e. The second-order valence-electron chi connectivity index (χ2n) is 24.8. The molecular weight excluding hydrogens is 1130 g/mol. The molecular formula is C82H134NO8+. The first kappa shape index (κ1) is 85.7. The third-order valence-electron chi connectivity index (χ3n) is 15.0. The summed E-state index contributed by atoms with van der Waals surface area (Å²) in [7, 11) is 5.97. The van der Waals surface area contributed by atoms with Crippen LogP contribution < -0.4 is 0 Å². The number of quaternary nitrogens is 1. The minimum absolute atomic E-state index is 0.179. The minimum atomic E-state index is -1.52. The Labute approximate surface area is 558 Å². The number of nitrogens with zero attached hydrogens (tertiary/aromatic N) is 1. The van der Waals surface area contributed by atoms with Crippen LogP contribution in [0.1, 0.15) is 271 Å². The first-order valence-electron chi connectivity index (χ1n) is 36.3. The van der Waals surface area contributed by atoms with Crippen LogP contribution >= 0.6 is 0 Å². The largest absolute Gasteiger partial charge is 0.477 e. The van der Waals surface area contributed by atoms with E-state index in [2.05, 4.69) is 184 Å². The van der Waals surface area contributed by atoms with Crippen LogP contribution in [0, 0.1) is 0 Å². The lowest BCUT2D eigenvalue weighted by molar-refractivity contribution is -0.870. The van der Waals surface area contributed by atoms with Crippen molar-refractivity contribution in [3.8, 4) is 0 Å². The Bertz CT molecular complexity index is 2100. The smallest absolute Gasteiger partial charge is 0.361 e. The molecule has 514 valence electrons. The summed E-state index contributed by atoms with van der Waals surface area (Å²) in [6, 6.07) is 0. The lowest BCUT2D eigenvalue weighted by Gasteiger charge is -2.25. The molecule has 0 heterocycles. The number of hydrogen-bond donors (Lipinski definition) is 1. The molecule has 0 aliphatic carbocycles. The quantitative estimate of drug-likeness (QED) is 0.0211. The molecule has 0 aliphatic heterocycles. The number of allylic oxidation sites excluding steroid dienone is 28. The number of likely N-dealkylation sites (N-methyl/N-ethyl adjacent to an activating group) is 1. The lowest BCUT2D eigenvalue weighted by Crippen LogP contribution is -2.40. The van der Waals surface area contributed by atoms with E-state index in [0.29, 0.717) is 17.4 Å². The maximum absolute atomic E-state index is 13.0. The van der Waals surface area contributed by atoms with Crippen molar-refractivity contribution < 1.29 is 42.9 Å². The van der Waals surface area contributed by atoms with Crippen molar-refractivity contribution in [2.45, 2.75) is 283 Å². The van der Waals surface area contributed by atoms with Gasteiger partial charge in [-0.05, 0) is 128 Å². The fourth-order valence-electron chi connectivity index (χ4n) is 9.50. The number of aliphatic carboxylic acids is 1. The molecule has 2 atom stereocenters. The van der Waals surface area contributed by atoms with Crippen LogP contribution in [0.25, 0.3) is 0 Å². The summed E-state index contributed by atoms with van der Waals surface area (Å²) in [5, 5.41) is 9.76. The summed E-state index contributed by atoms with van der Waals surface area (Å²) in [4.78, 5) is 37.7.